The van der Waals surface area contributed by atoms with E-state index in [1.807, 2.05) is 6.92 Å². The van der Waals surface area contributed by atoms with Crippen molar-refractivity contribution in [2.45, 2.75) is 29.8 Å². The Hall–Kier alpha value is -0.895. The summed E-state index contributed by atoms with van der Waals surface area (Å²) in [5, 5.41) is 0.0598. The molecule has 3 nitrogen and oxygen atoms in total. The van der Waals surface area contributed by atoms with Gasteiger partial charge in [-0.1, -0.05) is 29.0 Å². The first-order chi connectivity index (χ1) is 9.24. The molecule has 1 unspecified atom stereocenters. The molecule has 1 N–H and O–H groups in total. The van der Waals surface area contributed by atoms with Crippen LogP contribution in [-0.4, -0.2) is 57.3 Å². The summed E-state index contributed by atoms with van der Waals surface area (Å²) in [5.41, 5.74) is 0.672. The topological polar surface area (TPSA) is 30.5 Å². The predicted octanol–water partition coefficient (Wildman–Crippen LogP) is -0.610. The molecule has 0 fully saturated rings. The van der Waals surface area contributed by atoms with Gasteiger partial charge in [0, 0.05) is 0 Å². The lowest BCUT2D eigenvalue weighted by Crippen LogP contribution is -2.59. The third-order valence-electron chi connectivity index (χ3n) is 3.28. The van der Waals surface area contributed by atoms with Crippen LogP contribution in [0.1, 0.15) is 18.9 Å². The maximum atomic E-state index is 6.25. The zero-order valence-corrected chi connectivity index (χ0v) is 11.4. The molecule has 1 aliphatic heterocycles. The third kappa shape index (κ3) is 3.22. The fourth-order valence-corrected chi connectivity index (χ4v) is 2.23. The summed E-state index contributed by atoms with van der Waals surface area (Å²) in [6.45, 7) is 2.10. The molecule has 10 radical (unpaired) electrons. The number of nitrogens with one attached hydrogen (secondary N) is 1. The first-order valence-electron chi connectivity index (χ1n) is 6.36. The number of hydrogen-bond acceptors (Lipinski definition) is 3. The van der Waals surface area contributed by atoms with Crippen LogP contribution in [0.3, 0.4) is 0 Å². The first kappa shape index (κ1) is 15.5. The van der Waals surface area contributed by atoms with Gasteiger partial charge in [-0.2, -0.15) is 0 Å². The van der Waals surface area contributed by atoms with Crippen LogP contribution in [0.15, 0.2) is 18.2 Å². The van der Waals surface area contributed by atoms with E-state index < -0.39 is 16.5 Å². The highest BCUT2D eigenvalue weighted by Gasteiger charge is 2.32. The van der Waals surface area contributed by atoms with Gasteiger partial charge in [0.05, 0.1) is 39.2 Å². The van der Waals surface area contributed by atoms with Crippen molar-refractivity contribution < 1.29 is 9.47 Å². The Morgan fingerprint density at radius 1 is 1.15 bits per heavy atom. The van der Waals surface area contributed by atoms with E-state index in [1.54, 1.807) is 18.2 Å². The lowest BCUT2D eigenvalue weighted by molar-refractivity contribution is 0.174. The molecule has 1 heterocycles. The molecule has 1 atom stereocenters. The molecule has 0 aromatic heterocycles. The monoisotopic (exact) mass is 257 g/mol. The molecule has 2 rings (SSSR count). The summed E-state index contributed by atoms with van der Waals surface area (Å²) in [6.07, 6.45) is 0.592. The van der Waals surface area contributed by atoms with Crippen LogP contribution in [0.25, 0.3) is 0 Å². The number of ether oxygens (including phenoxy) is 2. The van der Waals surface area contributed by atoms with Gasteiger partial charge in [-0.3, -0.25) is 0 Å². The van der Waals surface area contributed by atoms with Crippen molar-refractivity contribution in [3.05, 3.63) is 23.8 Å². The second kappa shape index (κ2) is 5.47. The molecule has 0 aliphatic carbocycles. The van der Waals surface area contributed by atoms with Crippen molar-refractivity contribution in [1.29, 1.82) is 0 Å². The highest BCUT2D eigenvalue weighted by Crippen LogP contribution is 2.36. The highest BCUT2D eigenvalue weighted by atomic mass is 16.7. The Labute approximate surface area is 126 Å². The summed E-state index contributed by atoms with van der Waals surface area (Å²) in [6, 6.07) is 4.88. The molecular formula is C12H12B5NO2. The van der Waals surface area contributed by atoms with Gasteiger partial charge in [0.2, 0.25) is 6.79 Å². The summed E-state index contributed by atoms with van der Waals surface area (Å²) in [4.78, 5) is 0. The second-order valence-electron chi connectivity index (χ2n) is 5.04. The zero-order chi connectivity index (χ0) is 15.0. The van der Waals surface area contributed by atoms with Gasteiger partial charge in [0.1, 0.15) is 0 Å². The van der Waals surface area contributed by atoms with Crippen molar-refractivity contribution in [3.8, 4) is 11.5 Å². The fraction of sp³-hybridized carbons (Fsp3) is 0.500. The molecule has 1 aliphatic rings. The Morgan fingerprint density at radius 3 is 2.40 bits per heavy atom. The van der Waals surface area contributed by atoms with Crippen LogP contribution in [-0.2, 0) is 5.21 Å². The van der Waals surface area contributed by atoms with E-state index in [9.17, 15) is 0 Å². The van der Waals surface area contributed by atoms with Crippen LogP contribution in [0.2, 0.25) is 0 Å². The summed E-state index contributed by atoms with van der Waals surface area (Å²) < 4.78 is 10.6. The smallest absolute Gasteiger partial charge is 0.231 e. The molecule has 0 saturated heterocycles. The van der Waals surface area contributed by atoms with Crippen LogP contribution in [0.5, 0.6) is 11.5 Å². The molecule has 1 aromatic carbocycles. The fourth-order valence-electron chi connectivity index (χ4n) is 2.23. The average molecular weight is 256 g/mol. The van der Waals surface area contributed by atoms with Crippen LogP contribution in [0, 0.1) is 0 Å². The van der Waals surface area contributed by atoms with Crippen molar-refractivity contribution >= 4 is 39.2 Å². The van der Waals surface area contributed by atoms with Crippen molar-refractivity contribution in [2.24, 2.45) is 0 Å². The van der Waals surface area contributed by atoms with Gasteiger partial charge < -0.3 is 14.8 Å². The molecule has 0 amide bonds. The molecule has 0 bridgehead atoms. The number of rotatable bonds is 5. The minimum atomic E-state index is -1.55. The van der Waals surface area contributed by atoms with Crippen molar-refractivity contribution in [2.75, 3.05) is 6.79 Å². The van der Waals surface area contributed by atoms with Gasteiger partial charge >= 0.3 is 0 Å². The Balaban J connectivity index is 2.28. The molecule has 0 spiro atoms. The third-order valence-corrected chi connectivity index (χ3v) is 3.28. The lowest BCUT2D eigenvalue weighted by Gasteiger charge is -2.41. The van der Waals surface area contributed by atoms with Gasteiger partial charge in [-0.15, -0.1) is 0 Å². The van der Waals surface area contributed by atoms with Gasteiger partial charge in [-0.25, -0.2) is 0 Å². The van der Waals surface area contributed by atoms with E-state index in [-0.39, 0.29) is 6.79 Å². The minimum Gasteiger partial charge on any atom is -0.454 e. The maximum absolute atomic E-state index is 6.25. The van der Waals surface area contributed by atoms with Gasteiger partial charge in [-0.05, 0) is 24.6 Å². The Bertz CT molecular complexity index is 489. The second-order valence-corrected chi connectivity index (χ2v) is 5.04. The van der Waals surface area contributed by atoms with Gasteiger partial charge in [0.25, 0.3) is 0 Å². The van der Waals surface area contributed by atoms with Crippen LogP contribution < -0.4 is 14.8 Å². The summed E-state index contributed by atoms with van der Waals surface area (Å²) in [7, 11) is 29.2. The van der Waals surface area contributed by atoms with E-state index in [4.69, 9.17) is 48.7 Å². The standard InChI is InChI=1S/C12H12B5NO2/c1-2-10(18-12(15,16)17)11(13,14)7-3-4-8-9(5-7)20-6-19-8/h3-5,10,18H,2,6H2,1H3. The number of benzene rings is 1. The number of fused-ring (bicyclic) bond motifs is 1. The van der Waals surface area contributed by atoms with Crippen LogP contribution >= 0.6 is 0 Å². The Kier molecular flexibility index (Phi) is 4.24. The van der Waals surface area contributed by atoms with E-state index in [0.717, 1.165) is 0 Å². The molecule has 8 heteroatoms. The van der Waals surface area contributed by atoms with E-state index in [0.29, 0.717) is 23.5 Å². The lowest BCUT2D eigenvalue weighted by atomic mass is 9.44. The predicted molar refractivity (Wildman–Crippen MR) is 83.0 cm³/mol. The summed E-state index contributed by atoms with van der Waals surface area (Å²) >= 11 is 0. The van der Waals surface area contributed by atoms with Crippen LogP contribution in [0.4, 0.5) is 0 Å². The molecule has 1 aromatic rings. The quantitative estimate of drug-likeness (QED) is 0.713. The minimum absolute atomic E-state index is 0.188. The molecule has 0 saturated carbocycles. The summed E-state index contributed by atoms with van der Waals surface area (Å²) in [5.74, 6) is 1.27. The van der Waals surface area contributed by atoms with Crippen molar-refractivity contribution in [1.82, 2.24) is 5.32 Å². The molecule has 20 heavy (non-hydrogen) atoms. The largest absolute Gasteiger partial charge is 0.454 e. The van der Waals surface area contributed by atoms with E-state index >= 15 is 0 Å². The SMILES string of the molecule is [B]C([B])([B])NC(CC)C([B])([B])c1ccc2c(c1)OCO2. The average Bonchev–Trinajstić information content (AvgIpc) is 2.81. The van der Waals surface area contributed by atoms with Crippen molar-refractivity contribution in [3.63, 3.8) is 0 Å². The normalized spacial score (nSPS) is 16.1. The molecule has 92 valence electrons. The maximum Gasteiger partial charge on any atom is 0.231 e. The first-order valence-corrected chi connectivity index (χ1v) is 6.36. The Morgan fingerprint density at radius 2 is 1.80 bits per heavy atom. The van der Waals surface area contributed by atoms with Gasteiger partial charge in [0.15, 0.2) is 11.5 Å². The van der Waals surface area contributed by atoms with E-state index in [2.05, 4.69) is 5.32 Å². The zero-order valence-electron chi connectivity index (χ0n) is 11.4. The van der Waals surface area contributed by atoms with E-state index in [1.165, 1.54) is 0 Å². The highest BCUT2D eigenvalue weighted by molar-refractivity contribution is 6.59. The number of hydrogen-bond donors (Lipinski definition) is 1. The molecular weight excluding hydrogens is 244 g/mol.